The van der Waals surface area contributed by atoms with E-state index in [9.17, 15) is 45.9 Å². The lowest BCUT2D eigenvalue weighted by molar-refractivity contribution is -0.193. The number of nitrogens with zero attached hydrogens (tertiary/aromatic N) is 1. The SMILES string of the molecule is COC(=O)N[C@H](C(=O)N1CC[C@@H](C(F)(F)F)C[C@H]1C(=O)N[C@@H](CCC(C)(F)F)C(=O)C(=O)NC1CC1)C(C)(C)C. The number of Topliss-reactive ketones (excluding diaryl/α,β-unsaturated/α-hetero) is 1. The number of rotatable bonds is 10. The average molecular weight is 585 g/mol. The Hall–Kier alpha value is -3.00. The number of alkyl halides is 5. The smallest absolute Gasteiger partial charge is 0.407 e. The molecule has 0 bridgehead atoms. The van der Waals surface area contributed by atoms with Crippen LogP contribution in [0.3, 0.4) is 0 Å². The Bertz CT molecular complexity index is 974. The minimum absolute atomic E-state index is 0.254. The molecular formula is C25H37F5N4O6. The highest BCUT2D eigenvalue weighted by molar-refractivity contribution is 6.38. The fraction of sp³-hybridized carbons (Fsp3) is 0.800. The van der Waals surface area contributed by atoms with E-state index >= 15 is 0 Å². The Morgan fingerprint density at radius 2 is 1.55 bits per heavy atom. The number of methoxy groups -OCH3 is 1. The van der Waals surface area contributed by atoms with Gasteiger partial charge in [0.2, 0.25) is 23.5 Å². The van der Waals surface area contributed by atoms with Gasteiger partial charge in [0.25, 0.3) is 5.91 Å². The van der Waals surface area contributed by atoms with Crippen molar-refractivity contribution in [2.45, 2.75) is 102 Å². The molecule has 1 heterocycles. The third kappa shape index (κ3) is 9.58. The van der Waals surface area contributed by atoms with Crippen molar-refractivity contribution in [2.75, 3.05) is 13.7 Å². The molecule has 0 unspecified atom stereocenters. The largest absolute Gasteiger partial charge is 0.453 e. The summed E-state index contributed by atoms with van der Waals surface area (Å²) >= 11 is 0. The van der Waals surface area contributed by atoms with Gasteiger partial charge in [-0.25, -0.2) is 13.6 Å². The number of likely N-dealkylation sites (tertiary alicyclic amines) is 1. The molecule has 1 aliphatic carbocycles. The predicted molar refractivity (Wildman–Crippen MR) is 131 cm³/mol. The first-order valence-corrected chi connectivity index (χ1v) is 13.0. The van der Waals surface area contributed by atoms with Gasteiger partial charge < -0.3 is 25.6 Å². The summed E-state index contributed by atoms with van der Waals surface area (Å²) in [5.41, 5.74) is -0.959. The second-order valence-corrected chi connectivity index (χ2v) is 11.5. The van der Waals surface area contributed by atoms with Gasteiger partial charge >= 0.3 is 12.3 Å². The lowest BCUT2D eigenvalue weighted by atomic mass is 9.83. The molecule has 2 fully saturated rings. The fourth-order valence-electron chi connectivity index (χ4n) is 4.34. The van der Waals surface area contributed by atoms with Crippen LogP contribution >= 0.6 is 0 Å². The molecule has 0 aromatic heterocycles. The van der Waals surface area contributed by atoms with Gasteiger partial charge in [-0.3, -0.25) is 19.2 Å². The first-order chi connectivity index (χ1) is 18.2. The number of halogens is 5. The number of hydrogen-bond donors (Lipinski definition) is 3. The third-order valence-electron chi connectivity index (χ3n) is 6.85. The third-order valence-corrected chi connectivity index (χ3v) is 6.85. The number of ether oxygens (including phenoxy) is 1. The Morgan fingerprint density at radius 1 is 0.950 bits per heavy atom. The van der Waals surface area contributed by atoms with Crippen LogP contribution in [0.5, 0.6) is 0 Å². The van der Waals surface area contributed by atoms with Crippen LogP contribution in [0.4, 0.5) is 26.7 Å². The Balaban J connectivity index is 2.37. The molecule has 1 saturated carbocycles. The molecule has 0 aromatic rings. The average Bonchev–Trinajstić information content (AvgIpc) is 3.65. The quantitative estimate of drug-likeness (QED) is 0.267. The zero-order valence-corrected chi connectivity index (χ0v) is 23.1. The second kappa shape index (κ2) is 12.7. The number of ketones is 1. The Kier molecular flexibility index (Phi) is 10.5. The molecule has 1 saturated heterocycles. The fourth-order valence-corrected chi connectivity index (χ4v) is 4.34. The lowest BCUT2D eigenvalue weighted by Gasteiger charge is -2.42. The summed E-state index contributed by atoms with van der Waals surface area (Å²) in [5, 5.41) is 6.91. The van der Waals surface area contributed by atoms with Crippen molar-refractivity contribution in [3.63, 3.8) is 0 Å². The number of piperidine rings is 1. The van der Waals surface area contributed by atoms with Gasteiger partial charge in [-0.2, -0.15) is 13.2 Å². The van der Waals surface area contributed by atoms with Crippen LogP contribution in [0.25, 0.3) is 0 Å². The van der Waals surface area contributed by atoms with Gasteiger partial charge in [0, 0.05) is 19.0 Å². The van der Waals surface area contributed by atoms with E-state index in [0.717, 1.165) is 12.0 Å². The van der Waals surface area contributed by atoms with Crippen LogP contribution < -0.4 is 16.0 Å². The van der Waals surface area contributed by atoms with E-state index in [2.05, 4.69) is 20.7 Å². The Morgan fingerprint density at radius 3 is 2.02 bits per heavy atom. The topological polar surface area (TPSA) is 134 Å². The zero-order chi connectivity index (χ0) is 30.6. The van der Waals surface area contributed by atoms with Gasteiger partial charge in [0.1, 0.15) is 12.1 Å². The van der Waals surface area contributed by atoms with Crippen molar-refractivity contribution in [3.05, 3.63) is 0 Å². The highest BCUT2D eigenvalue weighted by Gasteiger charge is 2.50. The summed E-state index contributed by atoms with van der Waals surface area (Å²) in [4.78, 5) is 64.8. The molecule has 2 rings (SSSR count). The molecule has 228 valence electrons. The maximum atomic E-state index is 13.6. The van der Waals surface area contributed by atoms with Gasteiger partial charge in [-0.1, -0.05) is 20.8 Å². The van der Waals surface area contributed by atoms with Crippen LogP contribution in [0.2, 0.25) is 0 Å². The van der Waals surface area contributed by atoms with Crippen molar-refractivity contribution < 1.29 is 50.7 Å². The number of carbonyl (C=O) groups is 5. The monoisotopic (exact) mass is 584 g/mol. The molecule has 2 aliphatic rings. The van der Waals surface area contributed by atoms with Gasteiger partial charge in [-0.15, -0.1) is 0 Å². The van der Waals surface area contributed by atoms with Crippen LogP contribution in [0.1, 0.15) is 66.2 Å². The van der Waals surface area contributed by atoms with Crippen molar-refractivity contribution >= 4 is 29.6 Å². The molecule has 15 heteroatoms. The van der Waals surface area contributed by atoms with E-state index in [1.807, 2.05) is 0 Å². The van der Waals surface area contributed by atoms with Crippen molar-refractivity contribution in [1.82, 2.24) is 20.9 Å². The molecule has 10 nitrogen and oxygen atoms in total. The first kappa shape index (κ1) is 33.2. The number of hydrogen-bond acceptors (Lipinski definition) is 6. The van der Waals surface area contributed by atoms with E-state index in [0.29, 0.717) is 19.8 Å². The van der Waals surface area contributed by atoms with Crippen molar-refractivity contribution in [1.29, 1.82) is 0 Å². The highest BCUT2D eigenvalue weighted by atomic mass is 19.4. The molecular weight excluding hydrogens is 547 g/mol. The highest BCUT2D eigenvalue weighted by Crippen LogP contribution is 2.37. The maximum absolute atomic E-state index is 13.6. The minimum atomic E-state index is -4.70. The van der Waals surface area contributed by atoms with Crippen LogP contribution in [0.15, 0.2) is 0 Å². The summed E-state index contributed by atoms with van der Waals surface area (Å²) in [6, 6.07) is -5.08. The van der Waals surface area contributed by atoms with Gasteiger partial charge in [-0.05, 0) is 44.4 Å². The van der Waals surface area contributed by atoms with Crippen LogP contribution in [-0.4, -0.2) is 84.4 Å². The van der Waals surface area contributed by atoms with Gasteiger partial charge in [0.15, 0.2) is 0 Å². The Labute approximate surface area is 229 Å². The van der Waals surface area contributed by atoms with Crippen molar-refractivity contribution in [3.8, 4) is 0 Å². The zero-order valence-electron chi connectivity index (χ0n) is 23.1. The molecule has 4 atom stereocenters. The van der Waals surface area contributed by atoms with E-state index in [4.69, 9.17) is 0 Å². The summed E-state index contributed by atoms with van der Waals surface area (Å²) in [5.74, 6) is -9.62. The molecule has 4 amide bonds. The number of nitrogens with one attached hydrogen (secondary N) is 3. The minimum Gasteiger partial charge on any atom is -0.453 e. The molecule has 0 spiro atoms. The predicted octanol–water partition coefficient (Wildman–Crippen LogP) is 2.69. The normalized spacial score (nSPS) is 21.6. The summed E-state index contributed by atoms with van der Waals surface area (Å²) < 4.78 is 72.7. The number of alkyl carbamates (subject to hydrolysis) is 1. The van der Waals surface area contributed by atoms with Crippen LogP contribution in [-0.2, 0) is 23.9 Å². The van der Waals surface area contributed by atoms with E-state index in [-0.39, 0.29) is 6.04 Å². The molecule has 0 aromatic carbocycles. The molecule has 0 radical (unpaired) electrons. The first-order valence-electron chi connectivity index (χ1n) is 13.0. The number of carbonyl (C=O) groups excluding carboxylic acids is 5. The standard InChI is InChI=1S/C25H37F5N4O6/c1-23(2,3)18(33-22(39)40-5)21(38)34-11-9-13(25(28,29)30)12-16(34)19(36)32-15(8-10-24(4,26)27)17(35)20(37)31-14-6-7-14/h13-16,18H,6-12H2,1-5H3,(H,31,37)(H,32,36)(H,33,39)/t13-,15+,16+,18-/m1/s1. The van der Waals surface area contributed by atoms with Crippen molar-refractivity contribution in [2.24, 2.45) is 11.3 Å². The number of amides is 4. The van der Waals surface area contributed by atoms with Gasteiger partial charge in [0.05, 0.1) is 19.1 Å². The maximum Gasteiger partial charge on any atom is 0.407 e. The van der Waals surface area contributed by atoms with E-state index < -0.39 is 103 Å². The summed E-state index contributed by atoms with van der Waals surface area (Å²) in [7, 11) is 1.06. The molecule has 40 heavy (non-hydrogen) atoms. The summed E-state index contributed by atoms with van der Waals surface area (Å²) in [6.45, 7) is 4.82. The lowest BCUT2D eigenvalue weighted by Crippen LogP contribution is -2.63. The van der Waals surface area contributed by atoms with E-state index in [1.54, 1.807) is 20.8 Å². The van der Waals surface area contributed by atoms with Crippen LogP contribution in [0, 0.1) is 11.3 Å². The second-order valence-electron chi connectivity index (χ2n) is 11.5. The molecule has 1 aliphatic heterocycles. The molecule has 3 N–H and O–H groups in total. The van der Waals surface area contributed by atoms with E-state index in [1.165, 1.54) is 0 Å². The summed E-state index contributed by atoms with van der Waals surface area (Å²) in [6.07, 6.45) is -7.39.